The van der Waals surface area contributed by atoms with E-state index in [2.05, 4.69) is 0 Å². The van der Waals surface area contributed by atoms with Crippen LogP contribution in [0.4, 0.5) is 0 Å². The minimum absolute atomic E-state index is 0.160. The van der Waals surface area contributed by atoms with Crippen molar-refractivity contribution < 1.29 is 30.0 Å². The van der Waals surface area contributed by atoms with E-state index in [1.54, 1.807) is 6.08 Å². The molecule has 0 radical (unpaired) electrons. The predicted molar refractivity (Wildman–Crippen MR) is 109 cm³/mol. The molecule has 1 fully saturated rings. The van der Waals surface area contributed by atoms with Crippen LogP contribution in [0.25, 0.3) is 0 Å². The van der Waals surface area contributed by atoms with Gasteiger partial charge in [-0.25, -0.2) is 0 Å². The standard InChI is InChI=1S/C22H34O6/c1-2-17(23)14-15-18(24)21-16-19(25)20(28-21)12-10-8-6-4-3-5-7-9-11-13-22(26)27/h3-4,7-10,14-15,17-21,23-25H,2,5-6,11-13,16H2,1H3,(H,26,27)/b4-3-,9-7-,10-8-,15-14+/t17-,18-,19-,20-,21+/m0/s1. The molecule has 0 unspecified atom stereocenters. The second-order valence-corrected chi connectivity index (χ2v) is 6.92. The van der Waals surface area contributed by atoms with E-state index < -0.39 is 30.4 Å². The maximum absolute atomic E-state index is 10.4. The first-order chi connectivity index (χ1) is 13.4. The molecule has 5 atom stereocenters. The number of allylic oxidation sites excluding steroid dienone is 5. The number of aliphatic carboxylic acids is 1. The smallest absolute Gasteiger partial charge is 0.303 e. The minimum atomic E-state index is -0.837. The Morgan fingerprint density at radius 1 is 1.07 bits per heavy atom. The minimum Gasteiger partial charge on any atom is -0.481 e. The number of rotatable bonds is 13. The fourth-order valence-corrected chi connectivity index (χ4v) is 2.79. The Labute approximate surface area is 167 Å². The summed E-state index contributed by atoms with van der Waals surface area (Å²) in [7, 11) is 0. The van der Waals surface area contributed by atoms with Gasteiger partial charge in [-0.15, -0.1) is 0 Å². The first-order valence-corrected chi connectivity index (χ1v) is 9.98. The maximum atomic E-state index is 10.4. The van der Waals surface area contributed by atoms with Crippen molar-refractivity contribution in [2.24, 2.45) is 0 Å². The highest BCUT2D eigenvalue weighted by molar-refractivity contribution is 5.66. The fraction of sp³-hybridized carbons (Fsp3) is 0.591. The zero-order chi connectivity index (χ0) is 20.8. The fourth-order valence-electron chi connectivity index (χ4n) is 2.79. The molecule has 0 aromatic carbocycles. The van der Waals surface area contributed by atoms with Crippen LogP contribution in [0, 0.1) is 0 Å². The van der Waals surface area contributed by atoms with E-state index in [1.807, 2.05) is 43.4 Å². The van der Waals surface area contributed by atoms with Crippen molar-refractivity contribution in [1.82, 2.24) is 0 Å². The van der Waals surface area contributed by atoms with E-state index in [0.717, 1.165) is 12.8 Å². The highest BCUT2D eigenvalue weighted by Gasteiger charge is 2.36. The Kier molecular flexibility index (Phi) is 12.4. The highest BCUT2D eigenvalue weighted by atomic mass is 16.5. The van der Waals surface area contributed by atoms with Crippen molar-refractivity contribution in [3.8, 4) is 0 Å². The third-order valence-electron chi connectivity index (χ3n) is 4.52. The quantitative estimate of drug-likeness (QED) is 0.358. The van der Waals surface area contributed by atoms with Crippen LogP contribution in [0.2, 0.25) is 0 Å². The monoisotopic (exact) mass is 394 g/mol. The Morgan fingerprint density at radius 2 is 1.71 bits per heavy atom. The lowest BCUT2D eigenvalue weighted by Gasteiger charge is -2.16. The first-order valence-electron chi connectivity index (χ1n) is 9.98. The molecule has 158 valence electrons. The van der Waals surface area contributed by atoms with Crippen LogP contribution in [-0.4, -0.2) is 56.9 Å². The summed E-state index contributed by atoms with van der Waals surface area (Å²) < 4.78 is 5.75. The van der Waals surface area contributed by atoms with Crippen molar-refractivity contribution >= 4 is 5.97 Å². The van der Waals surface area contributed by atoms with Gasteiger partial charge in [0, 0.05) is 12.8 Å². The van der Waals surface area contributed by atoms with E-state index in [1.165, 1.54) is 6.08 Å². The molecule has 1 aliphatic rings. The largest absolute Gasteiger partial charge is 0.481 e. The molecule has 0 spiro atoms. The number of aliphatic hydroxyl groups is 3. The predicted octanol–water partition coefficient (Wildman–Crippen LogP) is 2.90. The zero-order valence-electron chi connectivity index (χ0n) is 16.6. The van der Waals surface area contributed by atoms with Gasteiger partial charge < -0.3 is 25.2 Å². The van der Waals surface area contributed by atoms with Gasteiger partial charge in [-0.1, -0.05) is 55.5 Å². The SMILES string of the molecule is CC[C@H](O)/C=C/[C@H](O)[C@H]1C[C@H](O)[C@H](C/C=C\C/C=C\C/C=C\CCC(=O)O)O1. The number of carboxylic acids is 1. The van der Waals surface area contributed by atoms with Crippen molar-refractivity contribution in [1.29, 1.82) is 0 Å². The Morgan fingerprint density at radius 3 is 2.36 bits per heavy atom. The summed E-state index contributed by atoms with van der Waals surface area (Å²) in [4.78, 5) is 10.4. The number of hydrogen-bond donors (Lipinski definition) is 4. The highest BCUT2D eigenvalue weighted by Crippen LogP contribution is 2.26. The molecule has 1 rings (SSSR count). The molecule has 1 heterocycles. The molecule has 4 N–H and O–H groups in total. The molecular weight excluding hydrogens is 360 g/mol. The van der Waals surface area contributed by atoms with E-state index >= 15 is 0 Å². The lowest BCUT2D eigenvalue weighted by Crippen LogP contribution is -2.24. The van der Waals surface area contributed by atoms with Crippen molar-refractivity contribution in [3.63, 3.8) is 0 Å². The van der Waals surface area contributed by atoms with Crippen LogP contribution in [0.5, 0.6) is 0 Å². The summed E-state index contributed by atoms with van der Waals surface area (Å²) in [5.41, 5.74) is 0. The van der Waals surface area contributed by atoms with Crippen LogP contribution in [0.15, 0.2) is 48.6 Å². The van der Waals surface area contributed by atoms with Gasteiger partial charge in [-0.3, -0.25) is 4.79 Å². The van der Waals surface area contributed by atoms with E-state index in [-0.39, 0.29) is 12.5 Å². The molecule has 0 aromatic rings. The molecule has 0 amide bonds. The van der Waals surface area contributed by atoms with E-state index in [0.29, 0.717) is 25.7 Å². The normalized spacial score (nSPS) is 25.5. The number of hydrogen-bond acceptors (Lipinski definition) is 5. The van der Waals surface area contributed by atoms with Crippen LogP contribution in [0.3, 0.4) is 0 Å². The number of carbonyl (C=O) groups is 1. The number of ether oxygens (including phenoxy) is 1. The molecule has 0 aliphatic carbocycles. The molecule has 1 aliphatic heterocycles. The molecule has 28 heavy (non-hydrogen) atoms. The number of carboxylic acid groups (broad SMARTS) is 1. The summed E-state index contributed by atoms with van der Waals surface area (Å²) in [5.74, 6) is -0.783. The number of aliphatic hydroxyl groups excluding tert-OH is 3. The van der Waals surface area contributed by atoms with E-state index in [9.17, 15) is 20.1 Å². The van der Waals surface area contributed by atoms with Gasteiger partial charge in [-0.05, 0) is 32.1 Å². The van der Waals surface area contributed by atoms with Gasteiger partial charge in [0.2, 0.25) is 0 Å². The average Bonchev–Trinajstić information content (AvgIpc) is 3.04. The molecule has 1 saturated heterocycles. The van der Waals surface area contributed by atoms with E-state index in [4.69, 9.17) is 9.84 Å². The Bertz CT molecular complexity index is 551. The summed E-state index contributed by atoms with van der Waals surface area (Å²) >= 11 is 0. The third-order valence-corrected chi connectivity index (χ3v) is 4.52. The van der Waals surface area contributed by atoms with Crippen molar-refractivity contribution in [3.05, 3.63) is 48.6 Å². The van der Waals surface area contributed by atoms with Gasteiger partial charge in [0.1, 0.15) is 0 Å². The summed E-state index contributed by atoms with van der Waals surface area (Å²) in [6.45, 7) is 1.86. The van der Waals surface area contributed by atoms with Crippen LogP contribution < -0.4 is 0 Å². The topological polar surface area (TPSA) is 107 Å². The lowest BCUT2D eigenvalue weighted by atomic mass is 10.0. The van der Waals surface area contributed by atoms with Gasteiger partial charge in [0.15, 0.2) is 0 Å². The molecule has 6 nitrogen and oxygen atoms in total. The lowest BCUT2D eigenvalue weighted by molar-refractivity contribution is -0.136. The van der Waals surface area contributed by atoms with Crippen LogP contribution >= 0.6 is 0 Å². The van der Waals surface area contributed by atoms with Crippen LogP contribution in [0.1, 0.15) is 51.9 Å². The molecule has 0 saturated carbocycles. The Balaban J connectivity index is 2.23. The summed E-state index contributed by atoms with van der Waals surface area (Å²) in [5, 5.41) is 38.2. The maximum Gasteiger partial charge on any atom is 0.303 e. The molecule has 0 bridgehead atoms. The Hall–Kier alpha value is -1.73. The average molecular weight is 395 g/mol. The second kappa shape index (κ2) is 14.3. The van der Waals surface area contributed by atoms with Crippen LogP contribution in [-0.2, 0) is 9.53 Å². The molecular formula is C22H34O6. The van der Waals surface area contributed by atoms with Crippen molar-refractivity contribution in [2.45, 2.75) is 82.4 Å². The van der Waals surface area contributed by atoms with Gasteiger partial charge in [0.05, 0.1) is 30.5 Å². The summed E-state index contributed by atoms with van der Waals surface area (Å²) in [6, 6.07) is 0. The zero-order valence-corrected chi connectivity index (χ0v) is 16.6. The first kappa shape index (κ1) is 24.3. The third kappa shape index (κ3) is 10.6. The second-order valence-electron chi connectivity index (χ2n) is 6.92. The van der Waals surface area contributed by atoms with Gasteiger partial charge >= 0.3 is 5.97 Å². The summed E-state index contributed by atoms with van der Waals surface area (Å²) in [6.07, 6.45) is 15.9. The molecule has 6 heteroatoms. The van der Waals surface area contributed by atoms with Crippen molar-refractivity contribution in [2.75, 3.05) is 0 Å². The van der Waals surface area contributed by atoms with Gasteiger partial charge in [-0.2, -0.15) is 0 Å². The van der Waals surface area contributed by atoms with Gasteiger partial charge in [0.25, 0.3) is 0 Å². The molecule has 0 aromatic heterocycles.